The predicted octanol–water partition coefficient (Wildman–Crippen LogP) is 2.50. The zero-order valence-electron chi connectivity index (χ0n) is 13.7. The van der Waals surface area contributed by atoms with Crippen molar-refractivity contribution in [3.63, 3.8) is 0 Å². The molecule has 1 saturated heterocycles. The van der Waals surface area contributed by atoms with Gasteiger partial charge in [-0.15, -0.1) is 11.3 Å². The first-order valence-corrected chi connectivity index (χ1v) is 9.23. The third-order valence-corrected chi connectivity index (χ3v) is 5.17. The average Bonchev–Trinajstić information content (AvgIpc) is 3.31. The lowest BCUT2D eigenvalue weighted by Crippen LogP contribution is -2.38. The Morgan fingerprint density at radius 3 is 3.20 bits per heavy atom. The van der Waals surface area contributed by atoms with Crippen molar-refractivity contribution in [2.45, 2.75) is 25.5 Å². The average molecular weight is 356 g/mol. The van der Waals surface area contributed by atoms with Gasteiger partial charge in [0.05, 0.1) is 22.9 Å². The normalized spacial score (nSPS) is 17.6. The molecule has 1 aliphatic heterocycles. The summed E-state index contributed by atoms with van der Waals surface area (Å²) >= 11 is 1.68. The maximum Gasteiger partial charge on any atom is 0.224 e. The summed E-state index contributed by atoms with van der Waals surface area (Å²) in [6.07, 6.45) is 5.14. The number of anilines is 2. The number of nitrogens with zero attached hydrogens (tertiary/aromatic N) is 4. The number of hydrogen-bond donors (Lipinski definition) is 3. The third kappa shape index (κ3) is 3.64. The Morgan fingerprint density at radius 2 is 2.36 bits per heavy atom. The largest absolute Gasteiger partial charge is 0.391 e. The Kier molecular flexibility index (Phi) is 4.62. The molecule has 0 spiro atoms. The van der Waals surface area contributed by atoms with Crippen LogP contribution >= 0.6 is 11.3 Å². The monoisotopic (exact) mass is 356 g/mol. The number of aliphatic hydroxyl groups is 1. The van der Waals surface area contributed by atoms with Crippen LogP contribution in [0.4, 0.5) is 11.8 Å². The van der Waals surface area contributed by atoms with Crippen LogP contribution < -0.4 is 10.2 Å². The first-order valence-electron chi connectivity index (χ1n) is 8.35. The summed E-state index contributed by atoms with van der Waals surface area (Å²) in [5.41, 5.74) is 2.10. The van der Waals surface area contributed by atoms with Crippen LogP contribution in [0.5, 0.6) is 0 Å². The Morgan fingerprint density at radius 1 is 1.40 bits per heavy atom. The van der Waals surface area contributed by atoms with Gasteiger partial charge in [0.15, 0.2) is 0 Å². The van der Waals surface area contributed by atoms with Crippen molar-refractivity contribution >= 4 is 23.1 Å². The SMILES string of the molecule is O[C@H]1CCCN(c2ccnc(NCc3cn[nH]c3-c3cccs3)n2)C1. The van der Waals surface area contributed by atoms with Gasteiger partial charge >= 0.3 is 0 Å². The van der Waals surface area contributed by atoms with Crippen molar-refractivity contribution in [3.8, 4) is 10.6 Å². The lowest BCUT2D eigenvalue weighted by atomic mass is 10.1. The first-order chi connectivity index (χ1) is 12.3. The lowest BCUT2D eigenvalue weighted by molar-refractivity contribution is 0.154. The van der Waals surface area contributed by atoms with Crippen LogP contribution in [0.3, 0.4) is 0 Å². The molecule has 0 aromatic carbocycles. The van der Waals surface area contributed by atoms with E-state index in [4.69, 9.17) is 0 Å². The quantitative estimate of drug-likeness (QED) is 0.651. The summed E-state index contributed by atoms with van der Waals surface area (Å²) in [5.74, 6) is 1.43. The molecule has 8 heteroatoms. The molecule has 4 heterocycles. The van der Waals surface area contributed by atoms with Crippen LogP contribution in [0, 0.1) is 0 Å². The maximum absolute atomic E-state index is 9.85. The van der Waals surface area contributed by atoms with Crippen molar-refractivity contribution in [1.29, 1.82) is 0 Å². The van der Waals surface area contributed by atoms with E-state index in [1.807, 2.05) is 23.7 Å². The highest BCUT2D eigenvalue weighted by molar-refractivity contribution is 7.13. The van der Waals surface area contributed by atoms with E-state index in [9.17, 15) is 5.11 Å². The number of piperidine rings is 1. The van der Waals surface area contributed by atoms with Gasteiger partial charge in [-0.05, 0) is 30.4 Å². The topological polar surface area (TPSA) is 90.0 Å². The molecule has 0 aliphatic carbocycles. The Labute approximate surface area is 149 Å². The summed E-state index contributed by atoms with van der Waals surface area (Å²) in [6.45, 7) is 2.13. The number of thiophene rings is 1. The van der Waals surface area contributed by atoms with Crippen LogP contribution in [-0.4, -0.2) is 44.5 Å². The van der Waals surface area contributed by atoms with E-state index in [-0.39, 0.29) is 6.10 Å². The summed E-state index contributed by atoms with van der Waals surface area (Å²) in [4.78, 5) is 12.2. The second kappa shape index (κ2) is 7.20. The summed E-state index contributed by atoms with van der Waals surface area (Å²) in [7, 11) is 0. The van der Waals surface area contributed by atoms with Crippen LogP contribution in [0.2, 0.25) is 0 Å². The van der Waals surface area contributed by atoms with Gasteiger partial charge in [-0.1, -0.05) is 6.07 Å². The van der Waals surface area contributed by atoms with E-state index in [1.165, 1.54) is 0 Å². The molecule has 0 amide bonds. The second-order valence-corrected chi connectivity index (χ2v) is 7.03. The standard InChI is InChI=1S/C17H20N6OS/c24-13-3-1-7-23(11-13)15-5-6-18-17(21-15)19-9-12-10-20-22-16(12)14-4-2-8-25-14/h2,4-6,8,10,13,24H,1,3,7,9,11H2,(H,20,22)(H,18,19,21)/t13-/m0/s1. The fourth-order valence-electron chi connectivity index (χ4n) is 3.03. The number of hydrogen-bond acceptors (Lipinski definition) is 7. The molecule has 1 aliphatic rings. The number of aromatic amines is 1. The van der Waals surface area contributed by atoms with Gasteiger partial charge in [-0.3, -0.25) is 5.10 Å². The van der Waals surface area contributed by atoms with E-state index in [0.29, 0.717) is 19.0 Å². The second-order valence-electron chi connectivity index (χ2n) is 6.08. The van der Waals surface area contributed by atoms with Crippen LogP contribution in [0.25, 0.3) is 10.6 Å². The molecule has 3 aromatic heterocycles. The molecule has 7 nitrogen and oxygen atoms in total. The minimum Gasteiger partial charge on any atom is -0.391 e. The number of nitrogens with one attached hydrogen (secondary N) is 2. The van der Waals surface area contributed by atoms with Gasteiger partial charge in [0, 0.05) is 31.4 Å². The molecule has 0 unspecified atom stereocenters. The molecule has 3 N–H and O–H groups in total. The predicted molar refractivity (Wildman–Crippen MR) is 98.7 cm³/mol. The highest BCUT2D eigenvalue weighted by Crippen LogP contribution is 2.26. The summed E-state index contributed by atoms with van der Waals surface area (Å²) in [5, 5.41) is 22.4. The number of aromatic nitrogens is 4. The summed E-state index contributed by atoms with van der Waals surface area (Å²) < 4.78 is 0. The highest BCUT2D eigenvalue weighted by Gasteiger charge is 2.19. The van der Waals surface area contributed by atoms with Gasteiger partial charge < -0.3 is 15.3 Å². The molecule has 0 saturated carbocycles. The first kappa shape index (κ1) is 16.0. The van der Waals surface area contributed by atoms with Crippen molar-refractivity contribution in [1.82, 2.24) is 20.2 Å². The Hall–Kier alpha value is -2.45. The van der Waals surface area contributed by atoms with Gasteiger partial charge in [0.25, 0.3) is 0 Å². The van der Waals surface area contributed by atoms with Gasteiger partial charge in [0.1, 0.15) is 5.82 Å². The van der Waals surface area contributed by atoms with Gasteiger partial charge in [-0.25, -0.2) is 4.98 Å². The molecule has 0 radical (unpaired) electrons. The highest BCUT2D eigenvalue weighted by atomic mass is 32.1. The zero-order valence-corrected chi connectivity index (χ0v) is 14.5. The summed E-state index contributed by atoms with van der Waals surface area (Å²) in [6, 6.07) is 5.98. The van der Waals surface area contributed by atoms with Gasteiger partial charge in [-0.2, -0.15) is 10.1 Å². The molecular formula is C17H20N6OS. The fourth-order valence-corrected chi connectivity index (χ4v) is 3.78. The van der Waals surface area contributed by atoms with Gasteiger partial charge in [0.2, 0.25) is 5.95 Å². The van der Waals surface area contributed by atoms with Crippen molar-refractivity contribution in [3.05, 3.63) is 41.5 Å². The van der Waals surface area contributed by atoms with Crippen molar-refractivity contribution in [2.75, 3.05) is 23.3 Å². The van der Waals surface area contributed by atoms with Crippen LogP contribution in [0.1, 0.15) is 18.4 Å². The molecule has 3 aromatic rings. The fraction of sp³-hybridized carbons (Fsp3) is 0.353. The number of aliphatic hydroxyl groups excluding tert-OH is 1. The minimum atomic E-state index is -0.278. The smallest absolute Gasteiger partial charge is 0.224 e. The van der Waals surface area contributed by atoms with E-state index >= 15 is 0 Å². The number of H-pyrrole nitrogens is 1. The zero-order chi connectivity index (χ0) is 17.1. The molecule has 0 bridgehead atoms. The Balaban J connectivity index is 1.45. The van der Waals surface area contributed by atoms with E-state index < -0.39 is 0 Å². The van der Waals surface area contributed by atoms with E-state index in [1.54, 1.807) is 17.5 Å². The molecule has 4 rings (SSSR count). The Bertz CT molecular complexity index is 818. The van der Waals surface area contributed by atoms with Crippen LogP contribution in [0.15, 0.2) is 36.0 Å². The number of β-amino-alcohol motifs (C(OH)–C–C–N with tert-alkyl or cyclic N) is 1. The van der Waals surface area contributed by atoms with Crippen LogP contribution in [-0.2, 0) is 6.54 Å². The number of rotatable bonds is 5. The maximum atomic E-state index is 9.85. The molecule has 25 heavy (non-hydrogen) atoms. The van der Waals surface area contributed by atoms with Crippen molar-refractivity contribution < 1.29 is 5.11 Å². The molecular weight excluding hydrogens is 336 g/mol. The lowest BCUT2D eigenvalue weighted by Gasteiger charge is -2.31. The molecule has 1 fully saturated rings. The molecule has 130 valence electrons. The minimum absolute atomic E-state index is 0.278. The van der Waals surface area contributed by atoms with Crippen molar-refractivity contribution in [2.24, 2.45) is 0 Å². The molecule has 1 atom stereocenters. The van der Waals surface area contributed by atoms with E-state index in [0.717, 1.165) is 41.3 Å². The van der Waals surface area contributed by atoms with E-state index in [2.05, 4.69) is 36.4 Å². The third-order valence-electron chi connectivity index (χ3n) is 4.28.